The Kier molecular flexibility index (Phi) is 18.8. The van der Waals surface area contributed by atoms with Crippen molar-refractivity contribution < 1.29 is 37.4 Å². The quantitative estimate of drug-likeness (QED) is 0.0436. The van der Waals surface area contributed by atoms with Gasteiger partial charge in [0.15, 0.2) is 24.0 Å². The fraction of sp³-hybridized carbons (Fsp3) is 0.491. The number of likely N-dealkylation sites (N-methyl/N-ethyl adjacent to an activating group) is 1. The van der Waals surface area contributed by atoms with E-state index in [-0.39, 0.29) is 58.7 Å². The topological polar surface area (TPSA) is 252 Å². The maximum atomic E-state index is 14.8. The highest BCUT2D eigenvalue weighted by Gasteiger charge is 2.36. The number of aromatic nitrogens is 5. The maximum Gasteiger partial charge on any atom is 0.317 e. The average Bonchev–Trinajstić information content (AvgIpc) is 4.08. The van der Waals surface area contributed by atoms with E-state index in [1.165, 1.54) is 37.3 Å². The van der Waals surface area contributed by atoms with Crippen LogP contribution in [0.4, 0.5) is 42.5 Å². The van der Waals surface area contributed by atoms with Crippen LogP contribution in [0.3, 0.4) is 0 Å². The predicted octanol–water partition coefficient (Wildman–Crippen LogP) is 6.53. The van der Waals surface area contributed by atoms with Crippen LogP contribution in [-0.4, -0.2) is 145 Å². The lowest BCUT2D eigenvalue weighted by Crippen LogP contribution is -2.42. The number of unbranched alkanes of at least 4 members (excludes halogenated alkanes) is 2. The number of amides is 5. The van der Waals surface area contributed by atoms with E-state index in [9.17, 15) is 32.8 Å². The molecule has 2 aromatic carbocycles. The van der Waals surface area contributed by atoms with Gasteiger partial charge < -0.3 is 60.6 Å². The second-order valence-corrected chi connectivity index (χ2v) is 21.4. The second-order valence-electron chi connectivity index (χ2n) is 21.0. The number of carbonyl (C=O) groups is 4. The number of likely N-dealkylation sites (tertiary alicyclic amines) is 1. The van der Waals surface area contributed by atoms with Gasteiger partial charge in [0.05, 0.1) is 31.4 Å². The number of anilines is 5. The lowest BCUT2D eigenvalue weighted by atomic mass is 9.92. The molecule has 0 saturated carbocycles. The molecule has 2 saturated heterocycles. The molecule has 5 amide bonds. The third kappa shape index (κ3) is 12.7. The van der Waals surface area contributed by atoms with Gasteiger partial charge >= 0.3 is 6.03 Å². The van der Waals surface area contributed by atoms with E-state index in [1.54, 1.807) is 56.4 Å². The number of benzene rings is 2. The monoisotopic (exact) mass is 1150 g/mol. The van der Waals surface area contributed by atoms with E-state index in [4.69, 9.17) is 36.9 Å². The summed E-state index contributed by atoms with van der Waals surface area (Å²) in [5.74, 6) is 1.45. The summed E-state index contributed by atoms with van der Waals surface area (Å²) in [6.07, 6.45) is 8.88. The number of halogens is 3. The minimum absolute atomic E-state index is 0.00343. The number of nitrogens with two attached hydrogens (primary N) is 1. The Morgan fingerprint density at radius 2 is 1.72 bits per heavy atom. The molecule has 25 heteroatoms. The van der Waals surface area contributed by atoms with Crippen LogP contribution < -0.4 is 51.8 Å². The highest BCUT2D eigenvalue weighted by atomic mass is 35.5. The molecule has 2 fully saturated rings. The minimum Gasteiger partial charge on any atom is -0.494 e. The minimum atomic E-state index is -2.76. The zero-order valence-electron chi connectivity index (χ0n) is 47.0. The first kappa shape index (κ1) is 58.6. The Morgan fingerprint density at radius 3 is 2.43 bits per heavy atom. The summed E-state index contributed by atoms with van der Waals surface area (Å²) in [4.78, 5) is 85.7. The van der Waals surface area contributed by atoms with E-state index >= 15 is 0 Å². The molecule has 82 heavy (non-hydrogen) atoms. The standard InChI is InChI=1S/C57H72ClF2N15O7/c1-62-30-37(29-61)40-25-35-10-9-18-74(45(35)28-41(40)51(59)60)53-42-32-73(57(80)64-3)23-16-44(42)75(69-53)39-14-21-71(22-15-39)49(77)11-7-6-8-17-65-54(78)34-12-19-72(20-13-34)56-66-31-43(58)52(68-56)67-38-24-36-26-47(82-33-48(76)63-2)55(79)70(4)50(36)46(27-38)81-5/h24-31,34,39,51H,6-23,32-33,61H2,1-5H3,(H,63,76)(H,64,80)(H,65,78)(H,66,67,68). The number of methoxy groups -OCH3 is 1. The van der Waals surface area contributed by atoms with E-state index in [1.807, 2.05) is 14.7 Å². The molecular weight excluding hydrogens is 1080 g/mol. The average molecular weight is 1150 g/mol. The summed E-state index contributed by atoms with van der Waals surface area (Å²) >= 11 is 6.59. The van der Waals surface area contributed by atoms with E-state index in [2.05, 4.69) is 35.9 Å². The third-order valence-electron chi connectivity index (χ3n) is 16.0. The van der Waals surface area contributed by atoms with E-state index < -0.39 is 12.0 Å². The van der Waals surface area contributed by atoms with Crippen LogP contribution in [0.15, 0.2) is 52.5 Å². The summed E-state index contributed by atoms with van der Waals surface area (Å²) in [7, 11) is 7.76. The van der Waals surface area contributed by atoms with Gasteiger partial charge in [-0.25, -0.2) is 18.6 Å². The van der Waals surface area contributed by atoms with Crippen LogP contribution in [0, 0.1) is 5.92 Å². The highest BCUT2D eigenvalue weighted by Crippen LogP contribution is 2.43. The third-order valence-corrected chi connectivity index (χ3v) is 16.2. The number of allylic oxidation sites excluding steroid dienone is 1. The summed E-state index contributed by atoms with van der Waals surface area (Å²) in [5, 5.41) is 17.7. The normalized spacial score (nSPS) is 16.1. The number of ether oxygens (including phenoxy) is 2. The zero-order chi connectivity index (χ0) is 58.2. The largest absolute Gasteiger partial charge is 0.494 e. The number of aliphatic imine (C=N–C) groups is 1. The van der Waals surface area contributed by atoms with Crippen molar-refractivity contribution in [2.24, 2.45) is 23.7 Å². The van der Waals surface area contributed by atoms with Crippen LogP contribution in [0.1, 0.15) is 98.2 Å². The molecule has 4 aliphatic rings. The van der Waals surface area contributed by atoms with Crippen molar-refractivity contribution in [2.45, 2.75) is 89.6 Å². The van der Waals surface area contributed by atoms with Gasteiger partial charge in [-0.2, -0.15) is 10.1 Å². The van der Waals surface area contributed by atoms with Gasteiger partial charge in [0, 0.05) is 150 Å². The number of piperidine rings is 2. The van der Waals surface area contributed by atoms with Gasteiger partial charge in [-0.3, -0.25) is 28.9 Å². The molecule has 4 aliphatic heterocycles. The van der Waals surface area contributed by atoms with Gasteiger partial charge in [-0.05, 0) is 86.8 Å². The summed E-state index contributed by atoms with van der Waals surface area (Å²) in [5.41, 5.74) is 10.7. The lowest BCUT2D eigenvalue weighted by molar-refractivity contribution is -0.132. The lowest BCUT2D eigenvalue weighted by Gasteiger charge is -2.34. The Labute approximate surface area is 479 Å². The number of hydrogen-bond acceptors (Lipinski definition) is 15. The second kappa shape index (κ2) is 26.3. The fourth-order valence-corrected chi connectivity index (χ4v) is 11.7. The van der Waals surface area contributed by atoms with Gasteiger partial charge in [0.1, 0.15) is 10.8 Å². The molecular formula is C57H72ClF2N15O7. The number of alkyl halides is 2. The molecule has 0 aliphatic carbocycles. The predicted molar refractivity (Wildman–Crippen MR) is 311 cm³/mol. The molecule has 0 atom stereocenters. The van der Waals surface area contributed by atoms with Crippen molar-refractivity contribution in [1.82, 2.24) is 50.1 Å². The first-order valence-corrected chi connectivity index (χ1v) is 28.3. The molecule has 0 unspecified atom stereocenters. The van der Waals surface area contributed by atoms with Gasteiger partial charge in [-0.15, -0.1) is 0 Å². The summed E-state index contributed by atoms with van der Waals surface area (Å²) in [6.45, 7) is 3.87. The summed E-state index contributed by atoms with van der Waals surface area (Å²) < 4.78 is 44.2. The first-order chi connectivity index (χ1) is 39.6. The summed E-state index contributed by atoms with van der Waals surface area (Å²) in [6, 6.07) is 8.25. The van der Waals surface area contributed by atoms with E-state index in [0.717, 1.165) is 36.1 Å². The SMILES string of the molecule is CN=CC(=CN)c1cc2c(cc1C(F)F)N(c1nn(C3CCN(C(=O)CCCCCNC(=O)C4CCN(c5ncc(Cl)c(Nc6cc(OC)c7c(c6)cc(OCC(=O)NC)c(=O)n7C)n5)CC4)CC3)c3c1CN(C(=O)NC)CC3)CCC2. The Balaban J connectivity index is 0.741. The zero-order valence-corrected chi connectivity index (χ0v) is 47.8. The fourth-order valence-electron chi connectivity index (χ4n) is 11.6. The highest BCUT2D eigenvalue weighted by molar-refractivity contribution is 6.33. The maximum absolute atomic E-state index is 14.8. The first-order valence-electron chi connectivity index (χ1n) is 27.9. The molecule has 0 radical (unpaired) electrons. The van der Waals surface area contributed by atoms with Crippen LogP contribution in [0.5, 0.6) is 11.5 Å². The smallest absolute Gasteiger partial charge is 0.317 e. The molecule has 9 rings (SSSR count). The number of carbonyl (C=O) groups excluding carboxylic acids is 4. The number of nitrogens with one attached hydrogen (secondary N) is 4. The van der Waals surface area contributed by atoms with Crippen LogP contribution in [0.25, 0.3) is 16.5 Å². The van der Waals surface area contributed by atoms with Gasteiger partial charge in [0.2, 0.25) is 17.8 Å². The van der Waals surface area contributed by atoms with Crippen LogP contribution >= 0.6 is 11.6 Å². The Bertz CT molecular complexity index is 3320. The van der Waals surface area contributed by atoms with Crippen LogP contribution in [-0.2, 0) is 40.8 Å². The number of nitrogens with zero attached hydrogens (tertiary/aromatic N) is 10. The Hall–Kier alpha value is -8.02. The van der Waals surface area contributed by atoms with Crippen molar-refractivity contribution >= 4 is 87.0 Å². The van der Waals surface area contributed by atoms with Crippen LogP contribution in [0.2, 0.25) is 5.02 Å². The van der Waals surface area contributed by atoms with E-state index in [0.29, 0.717) is 160 Å². The molecule has 438 valence electrons. The number of aryl methyl sites for hydroxylation is 2. The van der Waals surface area contributed by atoms with Gasteiger partial charge in [-0.1, -0.05) is 18.0 Å². The number of fused-ring (bicyclic) bond motifs is 3. The number of pyridine rings is 1. The molecule has 7 heterocycles. The molecule has 22 nitrogen and oxygen atoms in total. The molecule has 6 N–H and O–H groups in total. The van der Waals surface area contributed by atoms with Crippen molar-refractivity contribution in [3.05, 3.63) is 86.1 Å². The molecule has 5 aromatic rings. The number of rotatable bonds is 19. The molecule has 0 bridgehead atoms. The molecule has 3 aromatic heterocycles. The van der Waals surface area contributed by atoms with Crippen molar-refractivity contribution in [2.75, 3.05) is 95.8 Å². The number of hydrogen-bond donors (Lipinski definition) is 5. The van der Waals surface area contributed by atoms with Crippen molar-refractivity contribution in [1.29, 1.82) is 0 Å². The molecule has 0 spiro atoms. The number of urea groups is 1. The Morgan fingerprint density at radius 1 is 0.939 bits per heavy atom. The van der Waals surface area contributed by atoms with Crippen molar-refractivity contribution in [3.8, 4) is 11.5 Å². The van der Waals surface area contributed by atoms with Gasteiger partial charge in [0.25, 0.3) is 17.9 Å². The van der Waals surface area contributed by atoms with Crippen molar-refractivity contribution in [3.63, 3.8) is 0 Å².